The van der Waals surface area contributed by atoms with Crippen LogP contribution in [0.25, 0.3) is 0 Å². The first-order valence-corrected chi connectivity index (χ1v) is 6.79. The fourth-order valence-electron chi connectivity index (χ4n) is 2.52. The normalized spacial score (nSPS) is 20.3. The number of hydrogen-bond acceptors (Lipinski definition) is 3. The Hall–Kier alpha value is -0.870. The number of nitrogens with zero attached hydrogens (tertiary/aromatic N) is 3. The van der Waals surface area contributed by atoms with Gasteiger partial charge < -0.3 is 5.32 Å². The van der Waals surface area contributed by atoms with Crippen molar-refractivity contribution in [2.75, 3.05) is 19.6 Å². The highest BCUT2D eigenvalue weighted by Crippen LogP contribution is 2.12. The Morgan fingerprint density at radius 1 is 1.53 bits per heavy atom. The zero-order valence-electron chi connectivity index (χ0n) is 11.0. The van der Waals surface area contributed by atoms with Crippen LogP contribution in [0.1, 0.15) is 32.3 Å². The maximum absolute atomic E-state index is 4.39. The minimum atomic E-state index is 0.703. The molecule has 1 aromatic rings. The molecule has 1 atom stereocenters. The van der Waals surface area contributed by atoms with Gasteiger partial charge in [-0.05, 0) is 25.9 Å². The summed E-state index contributed by atoms with van der Waals surface area (Å²) in [6.45, 7) is 9.90. The molecular weight excluding hydrogens is 212 g/mol. The Morgan fingerprint density at radius 3 is 3.06 bits per heavy atom. The topological polar surface area (TPSA) is 33.1 Å². The number of rotatable bonds is 6. The molecule has 4 heteroatoms. The smallest absolute Gasteiger partial charge is 0.0534 e. The Balaban J connectivity index is 1.92. The lowest BCUT2D eigenvalue weighted by Crippen LogP contribution is -2.36. The second kappa shape index (κ2) is 6.17. The second-order valence-corrected chi connectivity index (χ2v) is 4.82. The van der Waals surface area contributed by atoms with E-state index in [1.54, 1.807) is 0 Å². The highest BCUT2D eigenvalue weighted by Gasteiger charge is 2.21. The van der Waals surface area contributed by atoms with Gasteiger partial charge in [-0.25, -0.2) is 0 Å². The molecule has 1 saturated heterocycles. The van der Waals surface area contributed by atoms with Crippen molar-refractivity contribution < 1.29 is 0 Å². The molecule has 4 nitrogen and oxygen atoms in total. The van der Waals surface area contributed by atoms with E-state index in [0.29, 0.717) is 6.04 Å². The van der Waals surface area contributed by atoms with Gasteiger partial charge in [-0.15, -0.1) is 0 Å². The zero-order chi connectivity index (χ0) is 12.1. The predicted octanol–water partition coefficient (Wildman–Crippen LogP) is 1.48. The van der Waals surface area contributed by atoms with Crippen molar-refractivity contribution in [2.24, 2.45) is 0 Å². The van der Waals surface area contributed by atoms with Crippen LogP contribution in [0, 0.1) is 0 Å². The highest BCUT2D eigenvalue weighted by atomic mass is 15.3. The zero-order valence-corrected chi connectivity index (χ0v) is 11.0. The van der Waals surface area contributed by atoms with Crippen LogP contribution in [0.5, 0.6) is 0 Å². The molecule has 0 bridgehead atoms. The number of aromatic nitrogens is 2. The van der Waals surface area contributed by atoms with Crippen molar-refractivity contribution in [3.8, 4) is 0 Å². The van der Waals surface area contributed by atoms with Crippen LogP contribution in [0.2, 0.25) is 0 Å². The van der Waals surface area contributed by atoms with Gasteiger partial charge in [-0.1, -0.05) is 13.8 Å². The summed E-state index contributed by atoms with van der Waals surface area (Å²) in [6.07, 6.45) is 6.62. The van der Waals surface area contributed by atoms with E-state index < -0.39 is 0 Å². The summed E-state index contributed by atoms with van der Waals surface area (Å²) in [5, 5.41) is 7.83. The first kappa shape index (κ1) is 12.6. The molecule has 1 aliphatic rings. The SMILES string of the molecule is CCCn1cc(CN(CC)C2CCNC2)cn1. The number of likely N-dealkylation sites (N-methyl/N-ethyl adjacent to an activating group) is 1. The molecule has 1 aromatic heterocycles. The van der Waals surface area contributed by atoms with E-state index in [1.165, 1.54) is 12.0 Å². The molecule has 2 rings (SSSR count). The highest BCUT2D eigenvalue weighted by molar-refractivity contribution is 5.04. The molecular formula is C13H24N4. The average Bonchev–Trinajstić information content (AvgIpc) is 2.97. The fourth-order valence-corrected chi connectivity index (χ4v) is 2.52. The first-order valence-electron chi connectivity index (χ1n) is 6.79. The molecule has 96 valence electrons. The summed E-state index contributed by atoms with van der Waals surface area (Å²) in [7, 11) is 0. The van der Waals surface area contributed by atoms with Crippen LogP contribution < -0.4 is 5.32 Å². The minimum Gasteiger partial charge on any atom is -0.315 e. The summed E-state index contributed by atoms with van der Waals surface area (Å²) >= 11 is 0. The van der Waals surface area contributed by atoms with Crippen molar-refractivity contribution >= 4 is 0 Å². The third kappa shape index (κ3) is 3.30. The minimum absolute atomic E-state index is 0.703. The van der Waals surface area contributed by atoms with E-state index in [0.717, 1.165) is 39.1 Å². The van der Waals surface area contributed by atoms with Gasteiger partial charge in [0.25, 0.3) is 0 Å². The third-order valence-electron chi connectivity index (χ3n) is 3.48. The molecule has 2 heterocycles. The maximum atomic E-state index is 4.39. The van der Waals surface area contributed by atoms with Crippen LogP contribution in [-0.2, 0) is 13.1 Å². The van der Waals surface area contributed by atoms with Gasteiger partial charge >= 0.3 is 0 Å². The van der Waals surface area contributed by atoms with E-state index in [9.17, 15) is 0 Å². The predicted molar refractivity (Wildman–Crippen MR) is 69.9 cm³/mol. The monoisotopic (exact) mass is 236 g/mol. The van der Waals surface area contributed by atoms with Crippen LogP contribution >= 0.6 is 0 Å². The molecule has 1 fully saturated rings. The van der Waals surface area contributed by atoms with Crippen LogP contribution in [0.15, 0.2) is 12.4 Å². The van der Waals surface area contributed by atoms with Crippen LogP contribution in [0.3, 0.4) is 0 Å². The van der Waals surface area contributed by atoms with Crippen LogP contribution in [0.4, 0.5) is 0 Å². The first-order chi connectivity index (χ1) is 8.33. The molecule has 0 radical (unpaired) electrons. The van der Waals surface area contributed by atoms with Crippen molar-refractivity contribution in [2.45, 2.75) is 45.8 Å². The molecule has 0 amide bonds. The van der Waals surface area contributed by atoms with Gasteiger partial charge in [0, 0.05) is 37.4 Å². The van der Waals surface area contributed by atoms with Crippen molar-refractivity contribution in [1.29, 1.82) is 0 Å². The Bertz CT molecular complexity index is 328. The molecule has 0 aromatic carbocycles. The average molecular weight is 236 g/mol. The number of nitrogens with one attached hydrogen (secondary N) is 1. The van der Waals surface area contributed by atoms with Crippen molar-refractivity contribution in [3.05, 3.63) is 18.0 Å². The summed E-state index contributed by atoms with van der Waals surface area (Å²) in [4.78, 5) is 2.55. The maximum Gasteiger partial charge on any atom is 0.0534 e. The van der Waals surface area contributed by atoms with E-state index >= 15 is 0 Å². The standard InChI is InChI=1S/C13H24N4/c1-3-7-17-11-12(8-15-17)10-16(4-2)13-5-6-14-9-13/h8,11,13-14H,3-7,9-10H2,1-2H3. The van der Waals surface area contributed by atoms with E-state index in [1.807, 2.05) is 6.20 Å². The van der Waals surface area contributed by atoms with Crippen molar-refractivity contribution in [1.82, 2.24) is 20.0 Å². The molecule has 0 aliphatic carbocycles. The number of hydrogen-bond donors (Lipinski definition) is 1. The van der Waals surface area contributed by atoms with Gasteiger partial charge in [-0.2, -0.15) is 5.10 Å². The number of aryl methyl sites for hydroxylation is 1. The van der Waals surface area contributed by atoms with Crippen molar-refractivity contribution in [3.63, 3.8) is 0 Å². The molecule has 1 aliphatic heterocycles. The lowest BCUT2D eigenvalue weighted by Gasteiger charge is -2.26. The molecule has 17 heavy (non-hydrogen) atoms. The largest absolute Gasteiger partial charge is 0.315 e. The van der Waals surface area contributed by atoms with Gasteiger partial charge in [0.1, 0.15) is 0 Å². The van der Waals surface area contributed by atoms with Gasteiger partial charge in [-0.3, -0.25) is 9.58 Å². The van der Waals surface area contributed by atoms with E-state index in [4.69, 9.17) is 0 Å². The summed E-state index contributed by atoms with van der Waals surface area (Å²) in [6, 6.07) is 0.703. The molecule has 1 unspecified atom stereocenters. The van der Waals surface area contributed by atoms with Gasteiger partial charge in [0.15, 0.2) is 0 Å². The van der Waals surface area contributed by atoms with Crippen LogP contribution in [-0.4, -0.2) is 40.4 Å². The van der Waals surface area contributed by atoms with Gasteiger partial charge in [0.05, 0.1) is 6.20 Å². The Morgan fingerprint density at radius 2 is 2.41 bits per heavy atom. The quantitative estimate of drug-likeness (QED) is 0.812. The Kier molecular flexibility index (Phi) is 4.57. The lowest BCUT2D eigenvalue weighted by molar-refractivity contribution is 0.210. The molecule has 0 spiro atoms. The lowest BCUT2D eigenvalue weighted by atomic mass is 10.2. The summed E-state index contributed by atoms with van der Waals surface area (Å²) in [5.74, 6) is 0. The van der Waals surface area contributed by atoms with E-state index in [-0.39, 0.29) is 0 Å². The second-order valence-electron chi connectivity index (χ2n) is 4.82. The summed E-state index contributed by atoms with van der Waals surface area (Å²) < 4.78 is 2.05. The van der Waals surface area contributed by atoms with E-state index in [2.05, 4.69) is 40.0 Å². The third-order valence-corrected chi connectivity index (χ3v) is 3.48. The summed E-state index contributed by atoms with van der Waals surface area (Å²) in [5.41, 5.74) is 1.34. The molecule has 0 saturated carbocycles. The fraction of sp³-hybridized carbons (Fsp3) is 0.769. The molecule has 1 N–H and O–H groups in total. The van der Waals surface area contributed by atoms with Gasteiger partial charge in [0.2, 0.25) is 0 Å². The Labute approximate surface area is 104 Å².